The number of nitrogens with zero attached hydrogens (tertiary/aromatic N) is 2. The van der Waals surface area contributed by atoms with Crippen LogP contribution < -0.4 is 10.2 Å². The minimum absolute atomic E-state index is 0.118. The fraction of sp³-hybridized carbons (Fsp3) is 0.167. The van der Waals surface area contributed by atoms with Gasteiger partial charge in [0.15, 0.2) is 5.75 Å². The van der Waals surface area contributed by atoms with E-state index in [-0.39, 0.29) is 5.43 Å². The maximum atomic E-state index is 11.5. The van der Waals surface area contributed by atoms with Crippen LogP contribution in [0.3, 0.4) is 0 Å². The minimum Gasteiger partial charge on any atom is -0.491 e. The number of methoxy groups -OCH3 is 1. The van der Waals surface area contributed by atoms with Crippen molar-refractivity contribution in [2.45, 2.75) is 6.92 Å². The van der Waals surface area contributed by atoms with Crippen LogP contribution in [0.5, 0.6) is 5.75 Å². The molecular formula is C12H12N2O2. The average Bonchev–Trinajstić information content (AvgIpc) is 2.31. The van der Waals surface area contributed by atoms with Crippen molar-refractivity contribution in [1.82, 2.24) is 9.55 Å². The summed E-state index contributed by atoms with van der Waals surface area (Å²) in [6, 6.07) is 7.09. The fourth-order valence-corrected chi connectivity index (χ4v) is 1.61. The second kappa shape index (κ2) is 4.18. The molecule has 0 aromatic carbocycles. The third kappa shape index (κ3) is 1.69. The van der Waals surface area contributed by atoms with Gasteiger partial charge in [-0.1, -0.05) is 6.07 Å². The van der Waals surface area contributed by atoms with E-state index >= 15 is 0 Å². The molecule has 0 unspecified atom stereocenters. The molecule has 0 atom stereocenters. The molecule has 0 bridgehead atoms. The zero-order chi connectivity index (χ0) is 11.5. The highest BCUT2D eigenvalue weighted by atomic mass is 16.5. The summed E-state index contributed by atoms with van der Waals surface area (Å²) in [4.78, 5) is 15.7. The molecule has 0 saturated carbocycles. The smallest absolute Gasteiger partial charge is 0.223 e. The van der Waals surface area contributed by atoms with Crippen molar-refractivity contribution in [3.05, 3.63) is 52.6 Å². The van der Waals surface area contributed by atoms with Crippen molar-refractivity contribution in [3.63, 3.8) is 0 Å². The van der Waals surface area contributed by atoms with Gasteiger partial charge in [0.2, 0.25) is 5.43 Å². The first kappa shape index (κ1) is 10.4. The molecule has 16 heavy (non-hydrogen) atoms. The third-order valence-corrected chi connectivity index (χ3v) is 2.39. The van der Waals surface area contributed by atoms with E-state index in [2.05, 4.69) is 4.98 Å². The average molecular weight is 216 g/mol. The van der Waals surface area contributed by atoms with E-state index in [1.165, 1.54) is 13.2 Å². The Hall–Kier alpha value is -2.10. The maximum Gasteiger partial charge on any atom is 0.223 e. The monoisotopic (exact) mass is 216 g/mol. The Bertz CT molecular complexity index is 547. The van der Waals surface area contributed by atoms with E-state index in [0.717, 1.165) is 11.5 Å². The molecule has 0 aliphatic rings. The zero-order valence-electron chi connectivity index (χ0n) is 9.18. The largest absolute Gasteiger partial charge is 0.491 e. The van der Waals surface area contributed by atoms with Crippen LogP contribution in [-0.4, -0.2) is 16.7 Å². The third-order valence-electron chi connectivity index (χ3n) is 2.39. The molecule has 82 valence electrons. The minimum atomic E-state index is -0.118. The molecule has 2 rings (SSSR count). The van der Waals surface area contributed by atoms with Gasteiger partial charge in [0, 0.05) is 18.5 Å². The van der Waals surface area contributed by atoms with Gasteiger partial charge in [-0.3, -0.25) is 4.79 Å². The molecule has 0 saturated heterocycles. The van der Waals surface area contributed by atoms with Crippen molar-refractivity contribution in [1.29, 1.82) is 0 Å². The molecule has 2 heterocycles. The van der Waals surface area contributed by atoms with Crippen molar-refractivity contribution in [3.8, 4) is 11.6 Å². The Morgan fingerprint density at radius 2 is 2.12 bits per heavy atom. The van der Waals surface area contributed by atoms with E-state index in [9.17, 15) is 4.79 Å². The molecule has 0 N–H and O–H groups in total. The zero-order valence-corrected chi connectivity index (χ0v) is 9.18. The summed E-state index contributed by atoms with van der Waals surface area (Å²) in [6.45, 7) is 1.83. The molecule has 0 fully saturated rings. The lowest BCUT2D eigenvalue weighted by Crippen LogP contribution is -2.12. The van der Waals surface area contributed by atoms with Crippen LogP contribution >= 0.6 is 0 Å². The lowest BCUT2D eigenvalue weighted by Gasteiger charge is -2.11. The van der Waals surface area contributed by atoms with Gasteiger partial charge in [0.1, 0.15) is 5.82 Å². The summed E-state index contributed by atoms with van der Waals surface area (Å²) < 4.78 is 6.90. The molecule has 0 amide bonds. The summed E-state index contributed by atoms with van der Waals surface area (Å²) in [7, 11) is 1.49. The van der Waals surface area contributed by atoms with Crippen molar-refractivity contribution < 1.29 is 4.74 Å². The van der Waals surface area contributed by atoms with Gasteiger partial charge >= 0.3 is 0 Å². The summed E-state index contributed by atoms with van der Waals surface area (Å²) in [5.74, 6) is 1.12. The van der Waals surface area contributed by atoms with Crippen LogP contribution in [0.1, 0.15) is 5.69 Å². The van der Waals surface area contributed by atoms with E-state index in [4.69, 9.17) is 4.74 Å². The summed E-state index contributed by atoms with van der Waals surface area (Å²) in [6.07, 6.45) is 3.40. The predicted octanol–water partition coefficient (Wildman–Crippen LogP) is 1.55. The molecule has 0 radical (unpaired) electrons. The van der Waals surface area contributed by atoms with Crippen molar-refractivity contribution >= 4 is 0 Å². The Morgan fingerprint density at radius 3 is 2.75 bits per heavy atom. The van der Waals surface area contributed by atoms with Crippen molar-refractivity contribution in [2.24, 2.45) is 0 Å². The van der Waals surface area contributed by atoms with Gasteiger partial charge in [0.05, 0.1) is 12.8 Å². The molecule has 0 aliphatic carbocycles. The molecule has 4 nitrogen and oxygen atoms in total. The Kier molecular flexibility index (Phi) is 2.72. The van der Waals surface area contributed by atoms with Crippen LogP contribution in [0.25, 0.3) is 5.82 Å². The van der Waals surface area contributed by atoms with Gasteiger partial charge < -0.3 is 9.30 Å². The summed E-state index contributed by atoms with van der Waals surface area (Å²) >= 11 is 0. The molecular weight excluding hydrogens is 204 g/mol. The summed E-state index contributed by atoms with van der Waals surface area (Å²) in [5.41, 5.74) is 0.626. The lowest BCUT2D eigenvalue weighted by molar-refractivity contribution is 0.403. The van der Waals surface area contributed by atoms with Crippen LogP contribution in [0, 0.1) is 6.92 Å². The quantitative estimate of drug-likeness (QED) is 0.765. The maximum absolute atomic E-state index is 11.5. The highest BCUT2D eigenvalue weighted by Gasteiger charge is 2.08. The number of rotatable bonds is 2. The van der Waals surface area contributed by atoms with E-state index in [1.54, 1.807) is 12.4 Å². The van der Waals surface area contributed by atoms with Crippen LogP contribution in [-0.2, 0) is 0 Å². The normalized spacial score (nSPS) is 10.1. The van der Waals surface area contributed by atoms with Crippen LogP contribution in [0.4, 0.5) is 0 Å². The molecule has 0 aliphatic heterocycles. The second-order valence-corrected chi connectivity index (χ2v) is 3.36. The number of hydrogen-bond acceptors (Lipinski definition) is 3. The second-order valence-electron chi connectivity index (χ2n) is 3.36. The van der Waals surface area contributed by atoms with Gasteiger partial charge in [-0.2, -0.15) is 0 Å². The summed E-state index contributed by atoms with van der Waals surface area (Å²) in [5, 5.41) is 0. The first-order chi connectivity index (χ1) is 7.74. The number of aromatic nitrogens is 2. The van der Waals surface area contributed by atoms with Crippen LogP contribution in [0.15, 0.2) is 41.5 Å². The Morgan fingerprint density at radius 1 is 1.31 bits per heavy atom. The number of ether oxygens (including phenoxy) is 1. The molecule has 2 aromatic heterocycles. The van der Waals surface area contributed by atoms with Gasteiger partial charge in [-0.25, -0.2) is 4.98 Å². The molecule has 4 heteroatoms. The highest BCUT2D eigenvalue weighted by molar-refractivity contribution is 5.34. The Labute approximate surface area is 93.1 Å². The number of pyridine rings is 2. The topological polar surface area (TPSA) is 44.1 Å². The lowest BCUT2D eigenvalue weighted by atomic mass is 10.3. The first-order valence-electron chi connectivity index (χ1n) is 4.91. The fourth-order valence-electron chi connectivity index (χ4n) is 1.61. The van der Waals surface area contributed by atoms with Gasteiger partial charge in [-0.05, 0) is 19.1 Å². The molecule has 0 spiro atoms. The van der Waals surface area contributed by atoms with Crippen LogP contribution in [0.2, 0.25) is 0 Å². The Balaban J connectivity index is 2.64. The predicted molar refractivity (Wildman–Crippen MR) is 61.1 cm³/mol. The highest BCUT2D eigenvalue weighted by Crippen LogP contribution is 2.14. The molecule has 2 aromatic rings. The van der Waals surface area contributed by atoms with E-state index < -0.39 is 0 Å². The standard InChI is InChI=1S/C12H12N2O2/c1-9-12(16-2)10(15)6-8-14(9)11-5-3-4-7-13-11/h3-8H,1-2H3. The van der Waals surface area contributed by atoms with Gasteiger partial charge in [0.25, 0.3) is 0 Å². The number of hydrogen-bond donors (Lipinski definition) is 0. The van der Waals surface area contributed by atoms with Gasteiger partial charge in [-0.15, -0.1) is 0 Å². The van der Waals surface area contributed by atoms with E-state index in [0.29, 0.717) is 5.75 Å². The first-order valence-corrected chi connectivity index (χ1v) is 4.91. The van der Waals surface area contributed by atoms with Crippen molar-refractivity contribution in [2.75, 3.05) is 7.11 Å². The SMILES string of the molecule is COc1c(C)n(-c2ccccn2)ccc1=O. The van der Waals surface area contributed by atoms with E-state index in [1.807, 2.05) is 29.7 Å².